The Hall–Kier alpha value is -0.570. The van der Waals surface area contributed by atoms with Gasteiger partial charge >= 0.3 is 0 Å². The number of likely N-dealkylation sites (tertiary alicyclic amines) is 2. The zero-order valence-electron chi connectivity index (χ0n) is 15.7. The topological polar surface area (TPSA) is 51.2 Å². The summed E-state index contributed by atoms with van der Waals surface area (Å²) in [5.41, 5.74) is 0. The predicted octanol–water partition coefficient (Wildman–Crippen LogP) is 1.61. The molecule has 1 unspecified atom stereocenters. The summed E-state index contributed by atoms with van der Waals surface area (Å²) in [6, 6.07) is 0.569. The van der Waals surface area contributed by atoms with E-state index in [-0.39, 0.29) is 36.4 Å². The van der Waals surface area contributed by atoms with Crippen molar-refractivity contribution in [2.75, 3.05) is 53.4 Å². The smallest absolute Gasteiger partial charge is 0.243 e. The predicted molar refractivity (Wildman–Crippen MR) is 113 cm³/mol. The lowest BCUT2D eigenvalue weighted by molar-refractivity contribution is -0.127. The summed E-state index contributed by atoms with van der Waals surface area (Å²) in [6.45, 7) is 6.15. The van der Waals surface area contributed by atoms with Crippen LogP contribution in [0, 0.1) is 5.92 Å². The normalized spacial score (nSPS) is 24.8. The molecular formula is C18H34IN5O. The summed E-state index contributed by atoms with van der Waals surface area (Å²) in [5, 5.41) is 3.54. The van der Waals surface area contributed by atoms with E-state index in [2.05, 4.69) is 20.1 Å². The first kappa shape index (κ1) is 20.7. The van der Waals surface area contributed by atoms with Crippen molar-refractivity contribution in [1.29, 1.82) is 0 Å². The number of guanidine groups is 1. The molecule has 144 valence electrons. The van der Waals surface area contributed by atoms with Gasteiger partial charge in [0.15, 0.2) is 5.96 Å². The van der Waals surface area contributed by atoms with E-state index in [4.69, 9.17) is 0 Å². The molecule has 3 aliphatic rings. The van der Waals surface area contributed by atoms with Gasteiger partial charge in [-0.3, -0.25) is 4.79 Å². The van der Waals surface area contributed by atoms with Crippen LogP contribution in [-0.2, 0) is 4.79 Å². The molecule has 25 heavy (non-hydrogen) atoms. The first-order chi connectivity index (χ1) is 11.6. The highest BCUT2D eigenvalue weighted by Gasteiger charge is 2.30. The van der Waals surface area contributed by atoms with Crippen LogP contribution in [0.25, 0.3) is 0 Å². The maximum absolute atomic E-state index is 11.9. The highest BCUT2D eigenvalue weighted by molar-refractivity contribution is 14.0. The molecule has 0 spiro atoms. The van der Waals surface area contributed by atoms with Gasteiger partial charge in [0.1, 0.15) is 6.54 Å². The number of carbonyl (C=O) groups is 1. The minimum absolute atomic E-state index is 0. The van der Waals surface area contributed by atoms with Crippen molar-refractivity contribution in [1.82, 2.24) is 20.0 Å². The van der Waals surface area contributed by atoms with Gasteiger partial charge in [0.05, 0.1) is 0 Å². The van der Waals surface area contributed by atoms with Crippen LogP contribution in [0.15, 0.2) is 4.99 Å². The fraction of sp³-hybridized carbons (Fsp3) is 0.889. The Morgan fingerprint density at radius 2 is 1.84 bits per heavy atom. The van der Waals surface area contributed by atoms with Gasteiger partial charge in [0.2, 0.25) is 5.91 Å². The molecule has 1 N–H and O–H groups in total. The van der Waals surface area contributed by atoms with E-state index in [9.17, 15) is 4.79 Å². The second-order valence-corrected chi connectivity index (χ2v) is 7.81. The maximum atomic E-state index is 11.9. The number of hydrogen-bond donors (Lipinski definition) is 1. The van der Waals surface area contributed by atoms with Crippen molar-refractivity contribution in [2.24, 2.45) is 10.9 Å². The van der Waals surface area contributed by atoms with Gasteiger partial charge in [-0.15, -0.1) is 24.0 Å². The van der Waals surface area contributed by atoms with Gasteiger partial charge in [-0.1, -0.05) is 6.42 Å². The number of amides is 1. The van der Waals surface area contributed by atoms with Crippen LogP contribution < -0.4 is 5.32 Å². The summed E-state index contributed by atoms with van der Waals surface area (Å²) in [7, 11) is 3.58. The zero-order valence-corrected chi connectivity index (χ0v) is 18.1. The largest absolute Gasteiger partial charge is 0.353 e. The van der Waals surface area contributed by atoms with E-state index in [1.165, 1.54) is 58.2 Å². The van der Waals surface area contributed by atoms with Crippen molar-refractivity contribution >= 4 is 35.8 Å². The molecule has 1 amide bonds. The third kappa shape index (κ3) is 6.58. The van der Waals surface area contributed by atoms with Crippen molar-refractivity contribution < 1.29 is 4.79 Å². The van der Waals surface area contributed by atoms with Gasteiger partial charge in [-0.05, 0) is 51.1 Å². The van der Waals surface area contributed by atoms with Gasteiger partial charge in [0.25, 0.3) is 0 Å². The lowest BCUT2D eigenvalue weighted by Gasteiger charge is -2.29. The van der Waals surface area contributed by atoms with Crippen LogP contribution in [0.4, 0.5) is 0 Å². The highest BCUT2D eigenvalue weighted by atomic mass is 127. The highest BCUT2D eigenvalue weighted by Crippen LogP contribution is 2.23. The second-order valence-electron chi connectivity index (χ2n) is 7.81. The van der Waals surface area contributed by atoms with Crippen molar-refractivity contribution in [2.45, 2.75) is 44.6 Å². The number of piperidine rings is 1. The molecule has 7 heteroatoms. The Morgan fingerprint density at radius 1 is 1.12 bits per heavy atom. The van der Waals surface area contributed by atoms with Crippen LogP contribution in [0.5, 0.6) is 0 Å². The van der Waals surface area contributed by atoms with E-state index in [1.54, 1.807) is 19.0 Å². The molecule has 2 saturated heterocycles. The SMILES string of the molecule is CN(C)C(=O)CN=C(NC1CC1)N1CCC(CN2CCCCC2)C1.I. The van der Waals surface area contributed by atoms with Crippen LogP contribution in [0.2, 0.25) is 0 Å². The Balaban J connectivity index is 0.00000225. The standard InChI is InChI=1S/C18H33N5O.HI/c1-21(2)17(24)12-19-18(20-16-6-7-16)23-11-8-15(14-23)13-22-9-4-3-5-10-22;/h15-16H,3-14H2,1-2H3,(H,19,20);1H. The van der Waals surface area contributed by atoms with Gasteiger partial charge in [-0.2, -0.15) is 0 Å². The molecule has 2 heterocycles. The number of hydrogen-bond acceptors (Lipinski definition) is 3. The fourth-order valence-corrected chi connectivity index (χ4v) is 3.61. The molecule has 1 saturated carbocycles. The third-order valence-corrected chi connectivity index (χ3v) is 5.32. The minimum Gasteiger partial charge on any atom is -0.353 e. The van der Waals surface area contributed by atoms with Crippen LogP contribution in [-0.4, -0.2) is 86.0 Å². The van der Waals surface area contributed by atoms with E-state index in [0.717, 1.165) is 25.0 Å². The zero-order chi connectivity index (χ0) is 16.9. The van der Waals surface area contributed by atoms with Gasteiger partial charge in [0, 0.05) is 39.8 Å². The summed E-state index contributed by atoms with van der Waals surface area (Å²) in [5.74, 6) is 1.75. The summed E-state index contributed by atoms with van der Waals surface area (Å²) < 4.78 is 0. The summed E-state index contributed by atoms with van der Waals surface area (Å²) >= 11 is 0. The molecule has 0 bridgehead atoms. The lowest BCUT2D eigenvalue weighted by Crippen LogP contribution is -2.43. The van der Waals surface area contributed by atoms with E-state index in [0.29, 0.717) is 6.04 Å². The van der Waals surface area contributed by atoms with Gasteiger partial charge < -0.3 is 20.0 Å². The minimum atomic E-state index is 0. The third-order valence-electron chi connectivity index (χ3n) is 5.32. The molecule has 2 aliphatic heterocycles. The lowest BCUT2D eigenvalue weighted by atomic mass is 10.1. The van der Waals surface area contributed by atoms with E-state index < -0.39 is 0 Å². The number of nitrogens with zero attached hydrogens (tertiary/aromatic N) is 4. The number of likely N-dealkylation sites (N-methyl/N-ethyl adjacent to an activating group) is 1. The Bertz CT molecular complexity index is 460. The molecule has 3 rings (SSSR count). The fourth-order valence-electron chi connectivity index (χ4n) is 3.61. The average Bonchev–Trinajstić information content (AvgIpc) is 3.29. The van der Waals surface area contributed by atoms with Gasteiger partial charge in [-0.25, -0.2) is 4.99 Å². The molecule has 3 fully saturated rings. The number of aliphatic imine (C=N–C) groups is 1. The Kier molecular flexibility index (Phi) is 8.25. The molecule has 6 nitrogen and oxygen atoms in total. The Labute approximate surface area is 169 Å². The summed E-state index contributed by atoms with van der Waals surface area (Å²) in [6.07, 6.45) is 7.81. The summed E-state index contributed by atoms with van der Waals surface area (Å²) in [4.78, 5) is 23.1. The maximum Gasteiger partial charge on any atom is 0.243 e. The first-order valence-corrected chi connectivity index (χ1v) is 9.60. The number of carbonyl (C=O) groups excluding carboxylic acids is 1. The Morgan fingerprint density at radius 3 is 2.48 bits per heavy atom. The number of nitrogens with one attached hydrogen (secondary N) is 1. The molecule has 1 aliphatic carbocycles. The van der Waals surface area contributed by atoms with Crippen LogP contribution in [0.1, 0.15) is 38.5 Å². The first-order valence-electron chi connectivity index (χ1n) is 9.60. The average molecular weight is 463 g/mol. The van der Waals surface area contributed by atoms with Crippen molar-refractivity contribution in [3.63, 3.8) is 0 Å². The number of rotatable bonds is 5. The molecule has 0 aromatic heterocycles. The number of halogens is 1. The monoisotopic (exact) mass is 463 g/mol. The molecule has 1 atom stereocenters. The van der Waals surface area contributed by atoms with Crippen LogP contribution >= 0.6 is 24.0 Å². The van der Waals surface area contributed by atoms with Crippen molar-refractivity contribution in [3.05, 3.63) is 0 Å². The quantitative estimate of drug-likeness (QED) is 0.383. The second kappa shape index (κ2) is 9.94. The molecular weight excluding hydrogens is 429 g/mol. The molecule has 0 aromatic carbocycles. The molecule has 0 aromatic rings. The van der Waals surface area contributed by atoms with Crippen molar-refractivity contribution in [3.8, 4) is 0 Å². The molecule has 0 radical (unpaired) electrons. The van der Waals surface area contributed by atoms with Crippen LogP contribution in [0.3, 0.4) is 0 Å². The van der Waals surface area contributed by atoms with E-state index in [1.807, 2.05) is 0 Å². The van der Waals surface area contributed by atoms with E-state index >= 15 is 0 Å².